The molecule has 0 fully saturated rings. The van der Waals surface area contributed by atoms with Crippen LogP contribution in [0.3, 0.4) is 0 Å². The van der Waals surface area contributed by atoms with Crippen LogP contribution in [-0.4, -0.2) is 42.9 Å². The molecule has 1 aromatic heterocycles. The van der Waals surface area contributed by atoms with Crippen LogP contribution in [0.25, 0.3) is 5.69 Å². The number of carbonyl (C=O) groups is 1. The molecule has 9 nitrogen and oxygen atoms in total. The van der Waals surface area contributed by atoms with Crippen molar-refractivity contribution in [2.24, 2.45) is 5.10 Å². The summed E-state index contributed by atoms with van der Waals surface area (Å²) in [5.41, 5.74) is 4.28. The topological polar surface area (TPSA) is 125 Å². The highest BCUT2D eigenvalue weighted by Crippen LogP contribution is 2.29. The molecule has 0 aliphatic carbocycles. The average Bonchev–Trinajstić information content (AvgIpc) is 3.26. The minimum Gasteiger partial charge on any atom is -0.508 e. The van der Waals surface area contributed by atoms with Gasteiger partial charge in [-0.25, -0.2) is 5.43 Å². The molecule has 0 saturated heterocycles. The standard InChI is InChI=1S/C24H20Cl2N6O3S/c25-16-7-9-20(19(26)10-16)32-22(13-27-17-4-2-1-3-5-17)29-31-24(32)36-14-23(35)30-28-12-15-6-8-18(33)11-21(15)34/h1-12,27,33-34H,13-14H2,(H,30,35)/b28-12+. The van der Waals surface area contributed by atoms with Gasteiger partial charge in [-0.3, -0.25) is 9.36 Å². The minimum atomic E-state index is -0.393. The van der Waals surface area contributed by atoms with E-state index in [1.165, 1.54) is 24.4 Å². The Hall–Kier alpha value is -3.73. The van der Waals surface area contributed by atoms with E-state index in [1.54, 1.807) is 22.8 Å². The van der Waals surface area contributed by atoms with Crippen molar-refractivity contribution in [2.75, 3.05) is 11.1 Å². The zero-order valence-corrected chi connectivity index (χ0v) is 20.9. The number of aromatic hydroxyl groups is 2. The van der Waals surface area contributed by atoms with Crippen molar-refractivity contribution in [3.05, 3.63) is 88.2 Å². The van der Waals surface area contributed by atoms with Gasteiger partial charge in [0.25, 0.3) is 5.91 Å². The van der Waals surface area contributed by atoms with E-state index in [0.29, 0.717) is 38.8 Å². The summed E-state index contributed by atoms with van der Waals surface area (Å²) in [6.45, 7) is 0.364. The van der Waals surface area contributed by atoms with Crippen molar-refractivity contribution in [3.8, 4) is 17.2 Å². The van der Waals surface area contributed by atoms with Crippen LogP contribution < -0.4 is 10.7 Å². The molecule has 12 heteroatoms. The van der Waals surface area contributed by atoms with Gasteiger partial charge in [0, 0.05) is 22.3 Å². The van der Waals surface area contributed by atoms with Gasteiger partial charge in [-0.15, -0.1) is 10.2 Å². The van der Waals surface area contributed by atoms with Gasteiger partial charge in [-0.05, 0) is 42.5 Å². The smallest absolute Gasteiger partial charge is 0.250 e. The van der Waals surface area contributed by atoms with Gasteiger partial charge in [-0.2, -0.15) is 5.10 Å². The second-order valence-corrected chi connectivity index (χ2v) is 9.16. The Morgan fingerprint density at radius 3 is 2.61 bits per heavy atom. The fraction of sp³-hybridized carbons (Fsp3) is 0.0833. The van der Waals surface area contributed by atoms with E-state index in [-0.39, 0.29) is 17.3 Å². The van der Waals surface area contributed by atoms with Crippen molar-refractivity contribution in [2.45, 2.75) is 11.7 Å². The van der Waals surface area contributed by atoms with Gasteiger partial charge < -0.3 is 15.5 Å². The molecule has 4 N–H and O–H groups in total. The summed E-state index contributed by atoms with van der Waals surface area (Å²) in [6, 6.07) is 18.8. The summed E-state index contributed by atoms with van der Waals surface area (Å²) in [6.07, 6.45) is 1.28. The number of phenolic OH excluding ortho intramolecular Hbond substituents is 2. The van der Waals surface area contributed by atoms with Gasteiger partial charge in [0.1, 0.15) is 11.5 Å². The molecule has 0 spiro atoms. The summed E-state index contributed by atoms with van der Waals surface area (Å²) in [5, 5.41) is 36.2. The first-order valence-electron chi connectivity index (χ1n) is 10.6. The monoisotopic (exact) mass is 542 g/mol. The molecule has 0 radical (unpaired) electrons. The maximum atomic E-state index is 12.4. The predicted octanol–water partition coefficient (Wildman–Crippen LogP) is 4.84. The number of halogens is 2. The van der Waals surface area contributed by atoms with Gasteiger partial charge in [0.2, 0.25) is 0 Å². The average molecular weight is 543 g/mol. The fourth-order valence-corrected chi connectivity index (χ4v) is 4.38. The Bertz CT molecular complexity index is 1400. The number of phenols is 2. The Balaban J connectivity index is 1.48. The third-order valence-corrected chi connectivity index (χ3v) is 6.28. The number of anilines is 1. The second-order valence-electron chi connectivity index (χ2n) is 7.37. The normalized spacial score (nSPS) is 11.1. The highest BCUT2D eigenvalue weighted by molar-refractivity contribution is 7.99. The molecule has 36 heavy (non-hydrogen) atoms. The van der Waals surface area contributed by atoms with Crippen LogP contribution in [0.5, 0.6) is 11.5 Å². The molecule has 1 heterocycles. The lowest BCUT2D eigenvalue weighted by atomic mass is 10.2. The number of para-hydroxylation sites is 1. The molecular formula is C24H20Cl2N6O3S. The zero-order valence-electron chi connectivity index (χ0n) is 18.6. The minimum absolute atomic E-state index is 0.00560. The molecule has 4 rings (SSSR count). The summed E-state index contributed by atoms with van der Waals surface area (Å²) in [7, 11) is 0. The Labute approximate surface area is 220 Å². The lowest BCUT2D eigenvalue weighted by Gasteiger charge is -2.13. The number of hydrazone groups is 1. The molecular weight excluding hydrogens is 523 g/mol. The first kappa shape index (κ1) is 25.4. The van der Waals surface area contributed by atoms with Crippen molar-refractivity contribution in [1.29, 1.82) is 0 Å². The fourth-order valence-electron chi connectivity index (χ4n) is 3.13. The van der Waals surface area contributed by atoms with Crippen molar-refractivity contribution >= 4 is 52.8 Å². The van der Waals surface area contributed by atoms with Gasteiger partial charge in [0.05, 0.1) is 29.2 Å². The Morgan fingerprint density at radius 1 is 1.06 bits per heavy atom. The van der Waals surface area contributed by atoms with Crippen LogP contribution in [0.2, 0.25) is 10.0 Å². The molecule has 0 atom stereocenters. The first-order valence-corrected chi connectivity index (χ1v) is 12.3. The van der Waals surface area contributed by atoms with E-state index in [1.807, 2.05) is 30.3 Å². The van der Waals surface area contributed by atoms with E-state index in [2.05, 4.69) is 26.0 Å². The molecule has 0 aliphatic heterocycles. The molecule has 0 aliphatic rings. The highest BCUT2D eigenvalue weighted by atomic mass is 35.5. The molecule has 4 aromatic rings. The van der Waals surface area contributed by atoms with Crippen molar-refractivity contribution in [3.63, 3.8) is 0 Å². The molecule has 0 saturated carbocycles. The molecule has 0 unspecified atom stereocenters. The number of nitrogens with zero attached hydrogens (tertiary/aromatic N) is 4. The maximum absolute atomic E-state index is 12.4. The van der Waals surface area contributed by atoms with Crippen LogP contribution in [0.1, 0.15) is 11.4 Å². The maximum Gasteiger partial charge on any atom is 0.250 e. The highest BCUT2D eigenvalue weighted by Gasteiger charge is 2.18. The van der Waals surface area contributed by atoms with E-state index < -0.39 is 5.91 Å². The SMILES string of the molecule is O=C(CSc1nnc(CNc2ccccc2)n1-c1ccc(Cl)cc1Cl)N/N=C/c1ccc(O)cc1O. The van der Waals surface area contributed by atoms with E-state index in [9.17, 15) is 15.0 Å². The number of benzene rings is 3. The number of amides is 1. The Morgan fingerprint density at radius 2 is 1.86 bits per heavy atom. The third kappa shape index (κ3) is 6.48. The number of nitrogens with one attached hydrogen (secondary N) is 2. The predicted molar refractivity (Wildman–Crippen MR) is 141 cm³/mol. The first-order chi connectivity index (χ1) is 17.4. The van der Waals surface area contributed by atoms with Gasteiger partial charge in [0.15, 0.2) is 11.0 Å². The van der Waals surface area contributed by atoms with Crippen molar-refractivity contribution in [1.82, 2.24) is 20.2 Å². The van der Waals surface area contributed by atoms with E-state index in [0.717, 1.165) is 17.4 Å². The lowest BCUT2D eigenvalue weighted by Crippen LogP contribution is -2.20. The summed E-state index contributed by atoms with van der Waals surface area (Å²) >= 11 is 13.7. The summed E-state index contributed by atoms with van der Waals surface area (Å²) < 4.78 is 1.77. The van der Waals surface area contributed by atoms with Crippen LogP contribution in [0, 0.1) is 0 Å². The number of hydrogen-bond donors (Lipinski definition) is 4. The number of carbonyl (C=O) groups excluding carboxylic acids is 1. The van der Waals surface area contributed by atoms with Crippen molar-refractivity contribution < 1.29 is 15.0 Å². The molecule has 1 amide bonds. The van der Waals surface area contributed by atoms with Crippen LogP contribution >= 0.6 is 35.0 Å². The lowest BCUT2D eigenvalue weighted by molar-refractivity contribution is -0.118. The van der Waals surface area contributed by atoms with Crippen LogP contribution in [0.4, 0.5) is 5.69 Å². The number of rotatable bonds is 9. The van der Waals surface area contributed by atoms with Crippen LogP contribution in [0.15, 0.2) is 77.0 Å². The summed E-state index contributed by atoms with van der Waals surface area (Å²) in [5.74, 6) is -0.0451. The third-order valence-electron chi connectivity index (χ3n) is 4.81. The molecule has 184 valence electrons. The van der Waals surface area contributed by atoms with E-state index >= 15 is 0 Å². The largest absolute Gasteiger partial charge is 0.508 e. The number of thioether (sulfide) groups is 1. The van der Waals surface area contributed by atoms with Gasteiger partial charge >= 0.3 is 0 Å². The van der Waals surface area contributed by atoms with E-state index in [4.69, 9.17) is 23.2 Å². The Kier molecular flexibility index (Phi) is 8.32. The number of aromatic nitrogens is 3. The molecule has 0 bridgehead atoms. The quantitative estimate of drug-likeness (QED) is 0.135. The zero-order chi connectivity index (χ0) is 25.5. The second kappa shape index (κ2) is 11.8. The van der Waals surface area contributed by atoms with Crippen LogP contribution in [-0.2, 0) is 11.3 Å². The summed E-state index contributed by atoms with van der Waals surface area (Å²) in [4.78, 5) is 12.4. The molecule has 3 aromatic carbocycles. The van der Waals surface area contributed by atoms with Gasteiger partial charge in [-0.1, -0.05) is 53.2 Å². The number of hydrogen-bond acceptors (Lipinski definition) is 8.